The zero-order valence-electron chi connectivity index (χ0n) is 7.21. The molecule has 0 heterocycles. The highest BCUT2D eigenvalue weighted by atomic mass is 79.9. The van der Waals surface area contributed by atoms with Crippen molar-refractivity contribution in [1.29, 1.82) is 0 Å². The van der Waals surface area contributed by atoms with Gasteiger partial charge in [0.1, 0.15) is 5.75 Å². The van der Waals surface area contributed by atoms with E-state index in [2.05, 4.69) is 15.9 Å². The van der Waals surface area contributed by atoms with Crippen molar-refractivity contribution >= 4 is 21.8 Å². The lowest BCUT2D eigenvalue weighted by molar-refractivity contribution is 0.0999. The van der Waals surface area contributed by atoms with Crippen LogP contribution in [0, 0.1) is 0 Å². The fourth-order valence-electron chi connectivity index (χ4n) is 0.952. The first kappa shape index (κ1) is 10.1. The maximum Gasteiger partial charge on any atom is 0.249 e. The lowest BCUT2D eigenvalue weighted by Crippen LogP contribution is -2.11. The van der Waals surface area contributed by atoms with E-state index in [9.17, 15) is 4.79 Å². The summed E-state index contributed by atoms with van der Waals surface area (Å²) in [6.07, 6.45) is 0. The van der Waals surface area contributed by atoms with E-state index >= 15 is 0 Å². The first-order valence-corrected chi connectivity index (χ1v) is 4.66. The van der Waals surface area contributed by atoms with Crippen molar-refractivity contribution in [3.8, 4) is 5.75 Å². The number of hydrogen-bond acceptors (Lipinski definition) is 2. The van der Waals surface area contributed by atoms with Gasteiger partial charge in [-0.3, -0.25) is 4.79 Å². The minimum absolute atomic E-state index is 0.449. The highest BCUT2D eigenvalue weighted by molar-refractivity contribution is 9.10. The molecule has 0 aliphatic carbocycles. The number of primary amides is 1. The Hall–Kier alpha value is -1.03. The van der Waals surface area contributed by atoms with Crippen molar-refractivity contribution in [3.05, 3.63) is 28.2 Å². The third-order valence-electron chi connectivity index (χ3n) is 1.52. The van der Waals surface area contributed by atoms with Gasteiger partial charge in [0.25, 0.3) is 0 Å². The van der Waals surface area contributed by atoms with E-state index in [1.54, 1.807) is 18.2 Å². The molecule has 0 fully saturated rings. The number of rotatable bonds is 3. The number of ether oxygens (including phenoxy) is 1. The molecule has 0 aliphatic heterocycles. The lowest BCUT2D eigenvalue weighted by atomic mass is 10.2. The third-order valence-corrected chi connectivity index (χ3v) is 2.17. The van der Waals surface area contributed by atoms with Gasteiger partial charge in [0, 0.05) is 4.47 Å². The Morgan fingerprint density at radius 3 is 2.77 bits per heavy atom. The van der Waals surface area contributed by atoms with Gasteiger partial charge >= 0.3 is 0 Å². The minimum atomic E-state index is -0.449. The van der Waals surface area contributed by atoms with Gasteiger partial charge in [0.15, 0.2) is 0 Å². The lowest BCUT2D eigenvalue weighted by Gasteiger charge is -2.05. The van der Waals surface area contributed by atoms with Crippen molar-refractivity contribution in [3.63, 3.8) is 0 Å². The number of hydrogen-bond donors (Lipinski definition) is 1. The molecule has 0 aromatic heterocycles. The van der Waals surface area contributed by atoms with Crippen molar-refractivity contribution < 1.29 is 9.53 Å². The van der Waals surface area contributed by atoms with Gasteiger partial charge in [-0.1, -0.05) is 0 Å². The minimum Gasteiger partial charge on any atom is -0.494 e. The fourth-order valence-corrected chi connectivity index (χ4v) is 1.51. The van der Waals surface area contributed by atoms with Gasteiger partial charge < -0.3 is 10.5 Å². The number of halogens is 1. The SMILES string of the molecule is CCOc1ccc(C(N)=O)c(Br)c1. The summed E-state index contributed by atoms with van der Waals surface area (Å²) >= 11 is 3.24. The quantitative estimate of drug-likeness (QED) is 0.883. The van der Waals surface area contributed by atoms with E-state index in [0.29, 0.717) is 16.6 Å². The highest BCUT2D eigenvalue weighted by Gasteiger charge is 2.06. The van der Waals surface area contributed by atoms with Gasteiger partial charge in [-0.05, 0) is 41.1 Å². The standard InChI is InChI=1S/C9H10BrNO2/c1-2-13-6-3-4-7(9(11)12)8(10)5-6/h3-5H,2H2,1H3,(H2,11,12). The summed E-state index contributed by atoms with van der Waals surface area (Å²) < 4.78 is 5.90. The smallest absolute Gasteiger partial charge is 0.249 e. The van der Waals surface area contributed by atoms with Crippen LogP contribution < -0.4 is 10.5 Å². The maximum absolute atomic E-state index is 10.8. The molecule has 0 aliphatic rings. The van der Waals surface area contributed by atoms with Crippen LogP contribution in [0.5, 0.6) is 5.75 Å². The molecule has 0 atom stereocenters. The van der Waals surface area contributed by atoms with Crippen LogP contribution in [0.3, 0.4) is 0 Å². The van der Waals surface area contributed by atoms with Crippen LogP contribution in [0.2, 0.25) is 0 Å². The third kappa shape index (κ3) is 2.45. The van der Waals surface area contributed by atoms with Crippen LogP contribution in [0.25, 0.3) is 0 Å². The predicted molar refractivity (Wildman–Crippen MR) is 53.8 cm³/mol. The second-order valence-corrected chi connectivity index (χ2v) is 3.29. The van der Waals surface area contributed by atoms with E-state index in [1.165, 1.54) is 0 Å². The van der Waals surface area contributed by atoms with Gasteiger partial charge in [-0.2, -0.15) is 0 Å². The second-order valence-electron chi connectivity index (χ2n) is 2.44. The maximum atomic E-state index is 10.8. The molecule has 1 aromatic rings. The fraction of sp³-hybridized carbons (Fsp3) is 0.222. The van der Waals surface area contributed by atoms with E-state index in [1.807, 2.05) is 6.92 Å². The Morgan fingerprint density at radius 1 is 1.62 bits per heavy atom. The van der Waals surface area contributed by atoms with E-state index in [4.69, 9.17) is 10.5 Å². The van der Waals surface area contributed by atoms with Crippen LogP contribution in [-0.4, -0.2) is 12.5 Å². The molecular formula is C9H10BrNO2. The monoisotopic (exact) mass is 243 g/mol. The summed E-state index contributed by atoms with van der Waals surface area (Å²) in [7, 11) is 0. The number of amides is 1. The molecule has 1 aromatic carbocycles. The molecule has 13 heavy (non-hydrogen) atoms. The molecule has 0 unspecified atom stereocenters. The average molecular weight is 244 g/mol. The van der Waals surface area contributed by atoms with E-state index in [0.717, 1.165) is 5.75 Å². The molecule has 2 N–H and O–H groups in total. The Morgan fingerprint density at radius 2 is 2.31 bits per heavy atom. The Balaban J connectivity index is 2.98. The van der Waals surface area contributed by atoms with Crippen molar-refractivity contribution in [2.75, 3.05) is 6.61 Å². The molecule has 0 radical (unpaired) electrons. The molecule has 1 amide bonds. The molecule has 70 valence electrons. The van der Waals surface area contributed by atoms with Crippen molar-refractivity contribution in [2.45, 2.75) is 6.92 Å². The predicted octanol–water partition coefficient (Wildman–Crippen LogP) is 1.95. The first-order valence-electron chi connectivity index (χ1n) is 3.87. The van der Waals surface area contributed by atoms with Crippen molar-refractivity contribution in [1.82, 2.24) is 0 Å². The van der Waals surface area contributed by atoms with Crippen molar-refractivity contribution in [2.24, 2.45) is 5.73 Å². The molecule has 0 saturated heterocycles. The van der Waals surface area contributed by atoms with Crippen LogP contribution >= 0.6 is 15.9 Å². The Kier molecular flexibility index (Phi) is 3.31. The summed E-state index contributed by atoms with van der Waals surface area (Å²) in [4.78, 5) is 10.8. The topological polar surface area (TPSA) is 52.3 Å². The van der Waals surface area contributed by atoms with Gasteiger partial charge in [0.05, 0.1) is 12.2 Å². The molecule has 3 nitrogen and oxygen atoms in total. The van der Waals surface area contributed by atoms with Gasteiger partial charge in [-0.25, -0.2) is 0 Å². The van der Waals surface area contributed by atoms with Gasteiger partial charge in [-0.15, -0.1) is 0 Å². The van der Waals surface area contributed by atoms with Crippen LogP contribution in [0.4, 0.5) is 0 Å². The van der Waals surface area contributed by atoms with Crippen LogP contribution in [-0.2, 0) is 0 Å². The zero-order valence-corrected chi connectivity index (χ0v) is 8.80. The highest BCUT2D eigenvalue weighted by Crippen LogP contribution is 2.22. The normalized spacial score (nSPS) is 9.69. The number of carbonyl (C=O) groups is 1. The molecule has 0 bridgehead atoms. The Bertz CT molecular complexity index is 325. The molecule has 0 saturated carbocycles. The Labute approximate surface area is 85.0 Å². The second kappa shape index (κ2) is 4.28. The van der Waals surface area contributed by atoms with E-state index < -0.39 is 5.91 Å². The number of carbonyl (C=O) groups excluding carboxylic acids is 1. The number of benzene rings is 1. The zero-order chi connectivity index (χ0) is 9.84. The molecular weight excluding hydrogens is 234 g/mol. The van der Waals surface area contributed by atoms with Gasteiger partial charge in [0.2, 0.25) is 5.91 Å². The summed E-state index contributed by atoms with van der Waals surface area (Å²) in [5.74, 6) is 0.272. The number of nitrogens with two attached hydrogens (primary N) is 1. The van der Waals surface area contributed by atoms with Crippen LogP contribution in [0.1, 0.15) is 17.3 Å². The largest absolute Gasteiger partial charge is 0.494 e. The molecule has 1 rings (SSSR count). The summed E-state index contributed by atoms with van der Waals surface area (Å²) in [5, 5.41) is 0. The summed E-state index contributed by atoms with van der Waals surface area (Å²) in [6.45, 7) is 2.50. The first-order chi connectivity index (χ1) is 6.15. The van der Waals surface area contributed by atoms with Crippen LogP contribution in [0.15, 0.2) is 22.7 Å². The van der Waals surface area contributed by atoms with E-state index in [-0.39, 0.29) is 0 Å². The molecule has 0 spiro atoms. The molecule has 4 heteroatoms. The summed E-state index contributed by atoms with van der Waals surface area (Å²) in [6, 6.07) is 5.08. The summed E-state index contributed by atoms with van der Waals surface area (Å²) in [5.41, 5.74) is 5.59. The average Bonchev–Trinajstić information content (AvgIpc) is 2.04.